The number of hydrogen-bond acceptors (Lipinski definition) is 2. The average Bonchev–Trinajstić information content (AvgIpc) is 2.28. The highest BCUT2D eigenvalue weighted by atomic mass is 19.1. The molecule has 4 N–H and O–H groups in total. The number of anilines is 1. The van der Waals surface area contributed by atoms with E-state index in [1.807, 2.05) is 0 Å². The monoisotopic (exact) mass is 234 g/mol. The van der Waals surface area contributed by atoms with Gasteiger partial charge < -0.3 is 11.5 Å². The van der Waals surface area contributed by atoms with Gasteiger partial charge in [0.1, 0.15) is 11.6 Å². The summed E-state index contributed by atoms with van der Waals surface area (Å²) in [4.78, 5) is 0. The van der Waals surface area contributed by atoms with Gasteiger partial charge in [-0.15, -0.1) is 0 Å². The van der Waals surface area contributed by atoms with E-state index in [1.165, 1.54) is 12.1 Å². The maximum absolute atomic E-state index is 13.5. The highest BCUT2D eigenvalue weighted by Crippen LogP contribution is 2.23. The molecule has 0 aliphatic heterocycles. The van der Waals surface area contributed by atoms with E-state index in [-0.39, 0.29) is 5.56 Å². The third kappa shape index (κ3) is 2.42. The number of halogens is 2. The van der Waals surface area contributed by atoms with E-state index in [0.29, 0.717) is 11.3 Å². The Morgan fingerprint density at radius 1 is 1.00 bits per heavy atom. The molecule has 0 fully saturated rings. The van der Waals surface area contributed by atoms with E-state index in [2.05, 4.69) is 0 Å². The van der Waals surface area contributed by atoms with Crippen molar-refractivity contribution in [3.8, 4) is 0 Å². The Bertz CT molecular complexity index is 541. The van der Waals surface area contributed by atoms with Crippen molar-refractivity contribution in [1.29, 1.82) is 0 Å². The summed E-state index contributed by atoms with van der Waals surface area (Å²) in [6.45, 7) is 0. The Kier molecular flexibility index (Phi) is 3.06. The minimum atomic E-state index is -0.654. The van der Waals surface area contributed by atoms with Crippen LogP contribution in [0.1, 0.15) is 17.2 Å². The smallest absolute Gasteiger partial charge is 0.131 e. The minimum absolute atomic E-state index is 0.247. The topological polar surface area (TPSA) is 52.0 Å². The van der Waals surface area contributed by atoms with Crippen LogP contribution < -0.4 is 11.5 Å². The van der Waals surface area contributed by atoms with Crippen LogP contribution in [0.2, 0.25) is 0 Å². The first kappa shape index (κ1) is 11.5. The van der Waals surface area contributed by atoms with Gasteiger partial charge in [0, 0.05) is 17.3 Å². The third-order valence-electron chi connectivity index (χ3n) is 2.57. The van der Waals surface area contributed by atoms with Crippen LogP contribution in [0.4, 0.5) is 14.5 Å². The van der Waals surface area contributed by atoms with Crippen molar-refractivity contribution in [2.45, 2.75) is 6.04 Å². The summed E-state index contributed by atoms with van der Waals surface area (Å²) in [7, 11) is 0. The van der Waals surface area contributed by atoms with Crippen LogP contribution in [-0.2, 0) is 0 Å². The van der Waals surface area contributed by atoms with Crippen LogP contribution in [0.3, 0.4) is 0 Å². The molecule has 88 valence electrons. The van der Waals surface area contributed by atoms with Gasteiger partial charge in [0.2, 0.25) is 0 Å². The highest BCUT2D eigenvalue weighted by Gasteiger charge is 2.14. The quantitative estimate of drug-likeness (QED) is 0.785. The molecule has 2 aromatic rings. The second kappa shape index (κ2) is 4.51. The highest BCUT2D eigenvalue weighted by molar-refractivity contribution is 5.44. The number of nitrogens with two attached hydrogens (primary N) is 2. The Morgan fingerprint density at radius 2 is 1.76 bits per heavy atom. The second-order valence-electron chi connectivity index (χ2n) is 3.81. The van der Waals surface area contributed by atoms with E-state index < -0.39 is 17.7 Å². The van der Waals surface area contributed by atoms with E-state index in [4.69, 9.17) is 11.5 Å². The normalized spacial score (nSPS) is 12.4. The summed E-state index contributed by atoms with van der Waals surface area (Å²) < 4.78 is 26.3. The van der Waals surface area contributed by atoms with Gasteiger partial charge in [0.15, 0.2) is 0 Å². The Labute approximate surface area is 97.9 Å². The lowest BCUT2D eigenvalue weighted by molar-refractivity contribution is 0.566. The minimum Gasteiger partial charge on any atom is -0.399 e. The molecule has 0 aliphatic carbocycles. The molecule has 0 aromatic heterocycles. The van der Waals surface area contributed by atoms with Gasteiger partial charge in [-0.2, -0.15) is 0 Å². The van der Waals surface area contributed by atoms with Crippen LogP contribution in [0.15, 0.2) is 42.5 Å². The Hall–Kier alpha value is -1.94. The van der Waals surface area contributed by atoms with Gasteiger partial charge in [-0.25, -0.2) is 8.78 Å². The van der Waals surface area contributed by atoms with Gasteiger partial charge in [0.05, 0.1) is 6.04 Å². The van der Waals surface area contributed by atoms with Crippen LogP contribution >= 0.6 is 0 Å². The molecule has 0 heterocycles. The van der Waals surface area contributed by atoms with Crippen molar-refractivity contribution in [3.05, 3.63) is 65.2 Å². The molecule has 1 atom stereocenters. The Morgan fingerprint density at radius 3 is 2.41 bits per heavy atom. The van der Waals surface area contributed by atoms with Crippen molar-refractivity contribution in [1.82, 2.24) is 0 Å². The summed E-state index contributed by atoms with van der Waals surface area (Å²) in [5, 5.41) is 0. The lowest BCUT2D eigenvalue weighted by atomic mass is 9.99. The third-order valence-corrected chi connectivity index (χ3v) is 2.57. The predicted octanol–water partition coefficient (Wildman–Crippen LogP) is 2.60. The van der Waals surface area contributed by atoms with Crippen molar-refractivity contribution in [2.75, 3.05) is 5.73 Å². The van der Waals surface area contributed by atoms with Crippen LogP contribution in [0, 0.1) is 11.6 Å². The first-order valence-corrected chi connectivity index (χ1v) is 5.14. The van der Waals surface area contributed by atoms with E-state index in [0.717, 1.165) is 6.07 Å². The van der Waals surface area contributed by atoms with Gasteiger partial charge in [-0.05, 0) is 23.8 Å². The molecule has 2 rings (SSSR count). The molecule has 0 saturated heterocycles. The average molecular weight is 234 g/mol. The van der Waals surface area contributed by atoms with Crippen LogP contribution in [0.25, 0.3) is 0 Å². The second-order valence-corrected chi connectivity index (χ2v) is 3.81. The standard InChI is InChI=1S/C13H12F2N2/c14-9-4-5-11(12(15)7-9)13(17)8-2-1-3-10(16)6-8/h1-7,13H,16-17H2. The summed E-state index contributed by atoms with van der Waals surface area (Å²) in [5.74, 6) is -1.27. The zero-order valence-electron chi connectivity index (χ0n) is 9.03. The zero-order valence-corrected chi connectivity index (χ0v) is 9.03. The van der Waals surface area contributed by atoms with Crippen LogP contribution in [-0.4, -0.2) is 0 Å². The van der Waals surface area contributed by atoms with E-state index in [9.17, 15) is 8.78 Å². The zero-order chi connectivity index (χ0) is 12.4. The van der Waals surface area contributed by atoms with Gasteiger partial charge in [-0.1, -0.05) is 18.2 Å². The molecule has 4 heteroatoms. The fraction of sp³-hybridized carbons (Fsp3) is 0.0769. The molecule has 1 unspecified atom stereocenters. The number of rotatable bonds is 2. The maximum atomic E-state index is 13.5. The number of nitrogen functional groups attached to an aromatic ring is 1. The molecule has 0 spiro atoms. The van der Waals surface area contributed by atoms with Crippen molar-refractivity contribution in [2.24, 2.45) is 5.73 Å². The largest absolute Gasteiger partial charge is 0.399 e. The van der Waals surface area contributed by atoms with Gasteiger partial charge >= 0.3 is 0 Å². The van der Waals surface area contributed by atoms with Crippen LogP contribution in [0.5, 0.6) is 0 Å². The lowest BCUT2D eigenvalue weighted by Crippen LogP contribution is -2.14. The van der Waals surface area contributed by atoms with E-state index >= 15 is 0 Å². The molecule has 17 heavy (non-hydrogen) atoms. The van der Waals surface area contributed by atoms with Gasteiger partial charge in [0.25, 0.3) is 0 Å². The van der Waals surface area contributed by atoms with Crippen molar-refractivity contribution in [3.63, 3.8) is 0 Å². The molecule has 0 radical (unpaired) electrons. The van der Waals surface area contributed by atoms with E-state index in [1.54, 1.807) is 24.3 Å². The predicted molar refractivity (Wildman–Crippen MR) is 63.2 cm³/mol. The fourth-order valence-corrected chi connectivity index (χ4v) is 1.69. The fourth-order valence-electron chi connectivity index (χ4n) is 1.69. The molecular formula is C13H12F2N2. The summed E-state index contributed by atoms with van der Waals surface area (Å²) in [6.07, 6.45) is 0. The number of benzene rings is 2. The lowest BCUT2D eigenvalue weighted by Gasteiger charge is -2.14. The van der Waals surface area contributed by atoms with Crippen molar-refractivity contribution >= 4 is 5.69 Å². The molecule has 2 nitrogen and oxygen atoms in total. The first-order valence-electron chi connectivity index (χ1n) is 5.14. The summed E-state index contributed by atoms with van der Waals surface area (Å²) >= 11 is 0. The SMILES string of the molecule is Nc1cccc(C(N)c2ccc(F)cc2F)c1. The molecule has 0 saturated carbocycles. The molecular weight excluding hydrogens is 222 g/mol. The molecule has 0 aliphatic rings. The molecule has 0 bridgehead atoms. The van der Waals surface area contributed by atoms with Crippen molar-refractivity contribution < 1.29 is 8.78 Å². The number of hydrogen-bond donors (Lipinski definition) is 2. The maximum Gasteiger partial charge on any atom is 0.131 e. The Balaban J connectivity index is 2.40. The summed E-state index contributed by atoms with van der Waals surface area (Å²) in [5.41, 5.74) is 13.0. The van der Waals surface area contributed by atoms with Gasteiger partial charge in [-0.3, -0.25) is 0 Å². The molecule has 0 amide bonds. The summed E-state index contributed by atoms with van der Waals surface area (Å²) in [6, 6.07) is 9.59. The first-order chi connectivity index (χ1) is 8.08. The molecule has 2 aromatic carbocycles.